The van der Waals surface area contributed by atoms with E-state index in [0.717, 1.165) is 28.2 Å². The summed E-state index contributed by atoms with van der Waals surface area (Å²) in [6.07, 6.45) is 0. The van der Waals surface area contributed by atoms with E-state index >= 15 is 0 Å². The summed E-state index contributed by atoms with van der Waals surface area (Å²) in [6, 6.07) is 9.91. The summed E-state index contributed by atoms with van der Waals surface area (Å²) < 4.78 is 13.1. The van der Waals surface area contributed by atoms with Gasteiger partial charge < -0.3 is 10.6 Å². The molecule has 2 aromatic rings. The Hall–Kier alpha value is -3.22. The second-order valence-corrected chi connectivity index (χ2v) is 6.20. The fourth-order valence-electron chi connectivity index (χ4n) is 2.74. The predicted octanol–water partition coefficient (Wildman–Crippen LogP) is 2.75. The van der Waals surface area contributed by atoms with Gasteiger partial charge in [0.05, 0.1) is 5.69 Å². The predicted molar refractivity (Wildman–Crippen MR) is 95.3 cm³/mol. The van der Waals surface area contributed by atoms with Crippen molar-refractivity contribution in [2.45, 2.75) is 13.8 Å². The van der Waals surface area contributed by atoms with Gasteiger partial charge in [-0.3, -0.25) is 9.59 Å². The van der Waals surface area contributed by atoms with Crippen LogP contribution in [-0.2, 0) is 9.59 Å². The summed E-state index contributed by atoms with van der Waals surface area (Å²) in [7, 11) is 0. The Labute approximate surface area is 150 Å². The van der Waals surface area contributed by atoms with Crippen LogP contribution in [0.15, 0.2) is 42.5 Å². The number of nitrogens with zero attached hydrogens (tertiary/aromatic N) is 1. The highest BCUT2D eigenvalue weighted by Crippen LogP contribution is 2.22. The summed E-state index contributed by atoms with van der Waals surface area (Å²) in [5.74, 6) is -2.71. The van der Waals surface area contributed by atoms with Crippen molar-refractivity contribution in [3.63, 3.8) is 0 Å². The summed E-state index contributed by atoms with van der Waals surface area (Å²) in [4.78, 5) is 38.3. The summed E-state index contributed by atoms with van der Waals surface area (Å²) in [5, 5.41) is 5.28. The minimum absolute atomic E-state index is 0.0912. The van der Waals surface area contributed by atoms with Gasteiger partial charge in [0.15, 0.2) is 0 Å². The third-order valence-electron chi connectivity index (χ3n) is 4.23. The van der Waals surface area contributed by atoms with E-state index in [9.17, 15) is 18.8 Å². The van der Waals surface area contributed by atoms with E-state index in [1.807, 2.05) is 32.0 Å². The lowest BCUT2D eigenvalue weighted by Gasteiger charge is -2.30. The number of imide groups is 1. The number of amides is 4. The first-order chi connectivity index (χ1) is 12.4. The number of halogens is 1. The normalized spacial score (nSPS) is 17.0. The molecule has 6 nitrogen and oxygen atoms in total. The van der Waals surface area contributed by atoms with E-state index in [1.165, 1.54) is 12.1 Å². The van der Waals surface area contributed by atoms with Crippen molar-refractivity contribution < 1.29 is 18.8 Å². The minimum atomic E-state index is -1.07. The number of hydrogen-bond acceptors (Lipinski definition) is 3. The molecule has 134 valence electrons. The number of urea groups is 1. The second kappa shape index (κ2) is 6.95. The molecule has 0 bridgehead atoms. The second-order valence-electron chi connectivity index (χ2n) is 6.20. The molecule has 3 rings (SSSR count). The molecular weight excluding hydrogens is 337 g/mol. The van der Waals surface area contributed by atoms with E-state index in [1.54, 1.807) is 0 Å². The molecule has 0 spiro atoms. The lowest BCUT2D eigenvalue weighted by atomic mass is 10.0. The number of benzene rings is 2. The maximum absolute atomic E-state index is 13.1. The van der Waals surface area contributed by atoms with Crippen LogP contribution in [0.25, 0.3) is 0 Å². The van der Waals surface area contributed by atoms with Crippen LogP contribution in [0.2, 0.25) is 0 Å². The molecule has 2 aromatic carbocycles. The van der Waals surface area contributed by atoms with Gasteiger partial charge in [-0.05, 0) is 55.3 Å². The molecule has 1 fully saturated rings. The lowest BCUT2D eigenvalue weighted by Crippen LogP contribution is -2.58. The number of carbonyl (C=O) groups is 3. The molecule has 0 aromatic heterocycles. The third kappa shape index (κ3) is 3.42. The molecule has 1 aliphatic heterocycles. The van der Waals surface area contributed by atoms with Crippen molar-refractivity contribution in [3.05, 3.63) is 59.4 Å². The molecule has 0 radical (unpaired) electrons. The van der Waals surface area contributed by atoms with Crippen molar-refractivity contribution in [2.24, 2.45) is 5.92 Å². The Bertz CT molecular complexity index is 880. The number of anilines is 2. The SMILES string of the molecule is Cc1ccc(C)c(NC(=O)C2CNC(=O)N(c3ccc(F)cc3)C2=O)c1. The van der Waals surface area contributed by atoms with Crippen LogP contribution < -0.4 is 15.5 Å². The van der Waals surface area contributed by atoms with Crippen LogP contribution in [0.1, 0.15) is 11.1 Å². The van der Waals surface area contributed by atoms with Crippen LogP contribution in [0.5, 0.6) is 0 Å². The molecule has 1 saturated heterocycles. The molecule has 7 heteroatoms. The van der Waals surface area contributed by atoms with Gasteiger partial charge in [0, 0.05) is 12.2 Å². The summed E-state index contributed by atoms with van der Waals surface area (Å²) >= 11 is 0. The van der Waals surface area contributed by atoms with Crippen LogP contribution in [-0.4, -0.2) is 24.4 Å². The molecule has 0 saturated carbocycles. The van der Waals surface area contributed by atoms with Gasteiger partial charge in [0.1, 0.15) is 11.7 Å². The van der Waals surface area contributed by atoms with E-state index in [0.29, 0.717) is 5.69 Å². The average molecular weight is 355 g/mol. The highest BCUT2D eigenvalue weighted by Gasteiger charge is 2.39. The summed E-state index contributed by atoms with van der Waals surface area (Å²) in [5.41, 5.74) is 2.67. The summed E-state index contributed by atoms with van der Waals surface area (Å²) in [6.45, 7) is 3.66. The lowest BCUT2D eigenvalue weighted by molar-refractivity contribution is -0.130. The molecule has 0 aliphatic carbocycles. The van der Waals surface area contributed by atoms with Crippen molar-refractivity contribution >= 4 is 29.2 Å². The average Bonchev–Trinajstić information content (AvgIpc) is 2.60. The smallest absolute Gasteiger partial charge is 0.328 e. The Morgan fingerprint density at radius 2 is 1.85 bits per heavy atom. The Morgan fingerprint density at radius 1 is 1.15 bits per heavy atom. The fraction of sp³-hybridized carbons (Fsp3) is 0.211. The van der Waals surface area contributed by atoms with Gasteiger partial charge >= 0.3 is 6.03 Å². The monoisotopic (exact) mass is 355 g/mol. The van der Waals surface area contributed by atoms with E-state index in [2.05, 4.69) is 10.6 Å². The standard InChI is InChI=1S/C19H18FN3O3/c1-11-3-4-12(2)16(9-11)22-17(24)15-10-21-19(26)23(18(15)25)14-7-5-13(20)6-8-14/h3-9,15H,10H2,1-2H3,(H,21,26)(H,22,24). The van der Waals surface area contributed by atoms with Gasteiger partial charge in [0.25, 0.3) is 0 Å². The number of carbonyl (C=O) groups excluding carboxylic acids is 3. The molecule has 4 amide bonds. The van der Waals surface area contributed by atoms with Crippen LogP contribution in [0.4, 0.5) is 20.6 Å². The number of aryl methyl sites for hydroxylation is 2. The molecule has 1 aliphatic rings. The molecule has 1 unspecified atom stereocenters. The Balaban J connectivity index is 1.82. The molecule has 26 heavy (non-hydrogen) atoms. The van der Waals surface area contributed by atoms with Crippen molar-refractivity contribution in [2.75, 3.05) is 16.8 Å². The quantitative estimate of drug-likeness (QED) is 0.831. The Morgan fingerprint density at radius 3 is 2.54 bits per heavy atom. The van der Waals surface area contributed by atoms with Gasteiger partial charge in [0.2, 0.25) is 11.8 Å². The first kappa shape index (κ1) is 17.6. The van der Waals surface area contributed by atoms with Crippen molar-refractivity contribution in [1.82, 2.24) is 5.32 Å². The topological polar surface area (TPSA) is 78.5 Å². The highest BCUT2D eigenvalue weighted by molar-refractivity contribution is 6.23. The van der Waals surface area contributed by atoms with Crippen molar-refractivity contribution in [3.8, 4) is 0 Å². The first-order valence-electron chi connectivity index (χ1n) is 8.12. The van der Waals surface area contributed by atoms with Crippen LogP contribution in [0.3, 0.4) is 0 Å². The van der Waals surface area contributed by atoms with Crippen LogP contribution in [0, 0.1) is 25.6 Å². The first-order valence-corrected chi connectivity index (χ1v) is 8.12. The fourth-order valence-corrected chi connectivity index (χ4v) is 2.74. The van der Waals surface area contributed by atoms with Gasteiger partial charge in [-0.25, -0.2) is 14.1 Å². The highest BCUT2D eigenvalue weighted by atomic mass is 19.1. The zero-order valence-electron chi connectivity index (χ0n) is 14.4. The van der Waals surface area contributed by atoms with E-state index in [4.69, 9.17) is 0 Å². The number of nitrogens with one attached hydrogen (secondary N) is 2. The van der Waals surface area contributed by atoms with E-state index in [-0.39, 0.29) is 12.2 Å². The zero-order valence-corrected chi connectivity index (χ0v) is 14.4. The van der Waals surface area contributed by atoms with Crippen LogP contribution >= 0.6 is 0 Å². The molecule has 1 atom stereocenters. The largest absolute Gasteiger partial charge is 0.336 e. The molecule has 1 heterocycles. The minimum Gasteiger partial charge on any atom is -0.336 e. The molecule has 2 N–H and O–H groups in total. The molecular formula is C19H18FN3O3. The maximum atomic E-state index is 13.1. The van der Waals surface area contributed by atoms with Gasteiger partial charge in [-0.15, -0.1) is 0 Å². The zero-order chi connectivity index (χ0) is 18.8. The number of hydrogen-bond donors (Lipinski definition) is 2. The Kier molecular flexibility index (Phi) is 4.71. The van der Waals surface area contributed by atoms with Gasteiger partial charge in [-0.1, -0.05) is 12.1 Å². The third-order valence-corrected chi connectivity index (χ3v) is 4.23. The maximum Gasteiger partial charge on any atom is 0.328 e. The number of rotatable bonds is 3. The van der Waals surface area contributed by atoms with Crippen molar-refractivity contribution in [1.29, 1.82) is 0 Å². The van der Waals surface area contributed by atoms with E-state index < -0.39 is 29.6 Å². The van der Waals surface area contributed by atoms with Gasteiger partial charge in [-0.2, -0.15) is 0 Å².